The number of allylic oxidation sites excluding steroid dienone is 1. The second kappa shape index (κ2) is 7.96. The van der Waals surface area contributed by atoms with Crippen LogP contribution in [0.4, 0.5) is 4.39 Å². The van der Waals surface area contributed by atoms with E-state index in [-0.39, 0.29) is 18.2 Å². The fraction of sp³-hybridized carbons (Fsp3) is 0.208. The Balaban J connectivity index is 1.80. The van der Waals surface area contributed by atoms with Gasteiger partial charge in [0.15, 0.2) is 11.4 Å². The molecule has 2 aliphatic rings. The Morgan fingerprint density at radius 3 is 2.78 bits per heavy atom. The van der Waals surface area contributed by atoms with Crippen molar-refractivity contribution >= 4 is 5.91 Å². The summed E-state index contributed by atoms with van der Waals surface area (Å²) in [6.07, 6.45) is 8.31. The van der Waals surface area contributed by atoms with Crippen molar-refractivity contribution < 1.29 is 14.3 Å². The molecule has 7 nitrogen and oxygen atoms in total. The van der Waals surface area contributed by atoms with Gasteiger partial charge in [0.05, 0.1) is 5.69 Å². The number of hydrogen-bond donors (Lipinski definition) is 1. The summed E-state index contributed by atoms with van der Waals surface area (Å²) >= 11 is 0. The lowest BCUT2D eigenvalue weighted by Gasteiger charge is -2.43. The molecule has 0 aliphatic carbocycles. The first-order valence-corrected chi connectivity index (χ1v) is 10.4. The molecule has 32 heavy (non-hydrogen) atoms. The number of carbonyl (C=O) groups is 1. The van der Waals surface area contributed by atoms with E-state index in [1.165, 1.54) is 29.1 Å². The monoisotopic (exact) mass is 432 g/mol. The lowest BCUT2D eigenvalue weighted by atomic mass is 9.94. The molecule has 2 aromatic heterocycles. The van der Waals surface area contributed by atoms with Crippen molar-refractivity contribution in [3.63, 3.8) is 0 Å². The van der Waals surface area contributed by atoms with Crippen LogP contribution in [0.2, 0.25) is 0 Å². The van der Waals surface area contributed by atoms with E-state index in [0.29, 0.717) is 25.1 Å². The summed E-state index contributed by atoms with van der Waals surface area (Å²) in [5, 5.41) is 12.4. The van der Waals surface area contributed by atoms with Gasteiger partial charge in [0.25, 0.3) is 5.91 Å². The van der Waals surface area contributed by atoms with Gasteiger partial charge in [-0.05, 0) is 48.2 Å². The number of halogens is 1. The number of fused-ring (bicyclic) bond motifs is 5. The molecule has 0 saturated heterocycles. The van der Waals surface area contributed by atoms with Crippen molar-refractivity contribution in [3.05, 3.63) is 106 Å². The molecule has 4 heterocycles. The lowest BCUT2D eigenvalue weighted by Crippen LogP contribution is -2.55. The highest BCUT2D eigenvalue weighted by Crippen LogP contribution is 2.34. The molecule has 0 spiro atoms. The molecule has 0 fully saturated rings. The van der Waals surface area contributed by atoms with Crippen LogP contribution < -0.4 is 10.4 Å². The summed E-state index contributed by atoms with van der Waals surface area (Å²) in [4.78, 5) is 31.4. The van der Waals surface area contributed by atoms with Crippen LogP contribution in [-0.4, -0.2) is 38.8 Å². The molecule has 1 aromatic carbocycles. The van der Waals surface area contributed by atoms with Crippen molar-refractivity contribution in [1.29, 1.82) is 0 Å². The molecule has 8 heteroatoms. The molecule has 2 bridgehead atoms. The Bertz CT molecular complexity index is 1270. The van der Waals surface area contributed by atoms with E-state index in [2.05, 4.69) is 4.98 Å². The molecule has 0 unspecified atom stereocenters. The van der Waals surface area contributed by atoms with E-state index in [0.717, 1.165) is 11.1 Å². The number of aromatic nitrogens is 2. The molecule has 0 radical (unpaired) electrons. The zero-order valence-corrected chi connectivity index (χ0v) is 17.2. The van der Waals surface area contributed by atoms with Crippen molar-refractivity contribution in [3.8, 4) is 5.75 Å². The fourth-order valence-corrected chi connectivity index (χ4v) is 4.36. The average Bonchev–Trinajstić information content (AvgIpc) is 2.82. The van der Waals surface area contributed by atoms with Crippen LogP contribution in [0.1, 0.15) is 39.8 Å². The van der Waals surface area contributed by atoms with Gasteiger partial charge in [0.2, 0.25) is 5.43 Å². The van der Waals surface area contributed by atoms with Crippen molar-refractivity contribution in [2.24, 2.45) is 0 Å². The molecule has 0 saturated carbocycles. The Labute approximate surface area is 183 Å². The van der Waals surface area contributed by atoms with Gasteiger partial charge in [-0.2, -0.15) is 0 Å². The zero-order chi connectivity index (χ0) is 22.2. The molecule has 1 atom stereocenters. The van der Waals surface area contributed by atoms with Gasteiger partial charge in [-0.15, -0.1) is 0 Å². The summed E-state index contributed by atoms with van der Waals surface area (Å²) in [6, 6.07) is 11.0. The van der Waals surface area contributed by atoms with E-state index < -0.39 is 23.1 Å². The van der Waals surface area contributed by atoms with Gasteiger partial charge in [-0.1, -0.05) is 24.3 Å². The second-order valence-electron chi connectivity index (χ2n) is 7.84. The first-order chi connectivity index (χ1) is 15.5. The van der Waals surface area contributed by atoms with Gasteiger partial charge in [-0.25, -0.2) is 4.39 Å². The summed E-state index contributed by atoms with van der Waals surface area (Å²) in [6.45, 7) is 0.508. The third-order valence-electron chi connectivity index (χ3n) is 5.87. The van der Waals surface area contributed by atoms with E-state index in [1.54, 1.807) is 17.2 Å². The van der Waals surface area contributed by atoms with Crippen LogP contribution in [0.25, 0.3) is 0 Å². The van der Waals surface area contributed by atoms with Gasteiger partial charge in [-0.3, -0.25) is 24.3 Å². The maximum atomic E-state index is 14.2. The lowest BCUT2D eigenvalue weighted by molar-refractivity contribution is 0.0701. The highest BCUT2D eigenvalue weighted by molar-refractivity contribution is 5.96. The van der Waals surface area contributed by atoms with Crippen LogP contribution >= 0.6 is 0 Å². The predicted molar refractivity (Wildman–Crippen MR) is 116 cm³/mol. The number of benzene rings is 1. The topological polar surface area (TPSA) is 78.7 Å². The highest BCUT2D eigenvalue weighted by Gasteiger charge is 2.37. The van der Waals surface area contributed by atoms with E-state index in [4.69, 9.17) is 0 Å². The van der Waals surface area contributed by atoms with Crippen LogP contribution in [0, 0.1) is 5.82 Å². The standard InChI is InChI=1S/C24H21FN4O3/c25-17-8-9-18-16(14-17)6-2-1-5-12-27-15-29(21(18)19-7-3-4-11-26-19)28-13-10-20(30)23(31)22(28)24(27)32/h1,3-5,7-11,13-14,21,31H,2,6,12,15H2/b5-1-/t21-/m0/s1. The molecule has 1 N–H and O–H groups in total. The largest absolute Gasteiger partial charge is 0.502 e. The third-order valence-corrected chi connectivity index (χ3v) is 5.87. The van der Waals surface area contributed by atoms with Crippen LogP contribution in [-0.2, 0) is 6.42 Å². The molecule has 3 aromatic rings. The summed E-state index contributed by atoms with van der Waals surface area (Å²) < 4.78 is 15.7. The smallest absolute Gasteiger partial charge is 0.278 e. The highest BCUT2D eigenvalue weighted by atomic mass is 19.1. The minimum atomic E-state index is -0.622. The Hall–Kier alpha value is -3.94. The Morgan fingerprint density at radius 2 is 1.97 bits per heavy atom. The number of aryl methyl sites for hydroxylation is 1. The number of nitrogens with zero attached hydrogens (tertiary/aromatic N) is 4. The molecule has 1 amide bonds. The number of aromatic hydroxyl groups is 1. The SMILES string of the molecule is O=C1c2c(O)c(=O)ccn2N2CN1C/C=C\CCc1cc(F)ccc1[C@H]2c1ccccn1. The van der Waals surface area contributed by atoms with E-state index in [9.17, 15) is 19.1 Å². The van der Waals surface area contributed by atoms with Crippen LogP contribution in [0.5, 0.6) is 5.75 Å². The first kappa shape index (κ1) is 20.0. The molecule has 162 valence electrons. The van der Waals surface area contributed by atoms with Crippen molar-refractivity contribution in [2.45, 2.75) is 18.9 Å². The molecular weight excluding hydrogens is 411 g/mol. The fourth-order valence-electron chi connectivity index (χ4n) is 4.36. The number of rotatable bonds is 1. The minimum absolute atomic E-state index is 0.0963. The van der Waals surface area contributed by atoms with Gasteiger partial charge >= 0.3 is 0 Å². The number of carbonyl (C=O) groups excluding carboxylic acids is 1. The number of hydrogen-bond acceptors (Lipinski definition) is 5. The predicted octanol–water partition coefficient (Wildman–Crippen LogP) is 2.73. The Kier molecular flexibility index (Phi) is 4.97. The van der Waals surface area contributed by atoms with Crippen LogP contribution in [0.15, 0.2) is 71.8 Å². The second-order valence-corrected chi connectivity index (χ2v) is 7.84. The normalized spacial score (nSPS) is 19.0. The summed E-state index contributed by atoms with van der Waals surface area (Å²) in [5.41, 5.74) is 1.66. The minimum Gasteiger partial charge on any atom is -0.502 e. The maximum Gasteiger partial charge on any atom is 0.278 e. The van der Waals surface area contributed by atoms with Crippen LogP contribution in [0.3, 0.4) is 0 Å². The first-order valence-electron chi connectivity index (χ1n) is 10.4. The Morgan fingerprint density at radius 1 is 1.09 bits per heavy atom. The average molecular weight is 432 g/mol. The van der Waals surface area contributed by atoms with E-state index in [1.807, 2.05) is 35.4 Å². The molecule has 5 rings (SSSR count). The summed E-state index contributed by atoms with van der Waals surface area (Å²) in [7, 11) is 0. The van der Waals surface area contributed by atoms with E-state index >= 15 is 0 Å². The quantitative estimate of drug-likeness (QED) is 0.599. The van der Waals surface area contributed by atoms with Crippen molar-refractivity contribution in [2.75, 3.05) is 18.2 Å². The zero-order valence-electron chi connectivity index (χ0n) is 17.2. The number of pyridine rings is 2. The molecular formula is C24H21FN4O3. The summed E-state index contributed by atoms with van der Waals surface area (Å²) in [5.74, 6) is -1.34. The molecule has 2 aliphatic heterocycles. The van der Waals surface area contributed by atoms with Crippen molar-refractivity contribution in [1.82, 2.24) is 14.6 Å². The van der Waals surface area contributed by atoms with Gasteiger partial charge in [0, 0.05) is 25.0 Å². The van der Waals surface area contributed by atoms with Gasteiger partial charge in [0.1, 0.15) is 18.5 Å². The number of amides is 1. The third kappa shape index (κ3) is 3.33. The maximum absolute atomic E-state index is 14.2. The van der Waals surface area contributed by atoms with Gasteiger partial charge < -0.3 is 10.0 Å².